The van der Waals surface area contributed by atoms with Crippen LogP contribution in [-0.2, 0) is 21.8 Å². The third-order valence-electron chi connectivity index (χ3n) is 2.23. The Bertz CT molecular complexity index is 441. The van der Waals surface area contributed by atoms with Crippen molar-refractivity contribution in [3.63, 3.8) is 0 Å². The highest BCUT2D eigenvalue weighted by molar-refractivity contribution is 6.17. The van der Waals surface area contributed by atoms with E-state index < -0.39 is 23.8 Å². The maximum absolute atomic E-state index is 13.2. The van der Waals surface area contributed by atoms with Gasteiger partial charge in [0.25, 0.3) is 6.43 Å². The first-order chi connectivity index (χ1) is 8.51. The highest BCUT2D eigenvalue weighted by atomic mass is 35.5. The van der Waals surface area contributed by atoms with Crippen LogP contribution in [-0.4, -0.2) is 17.6 Å². The summed E-state index contributed by atoms with van der Waals surface area (Å²) in [4.78, 5) is 14.9. The molecule has 0 aliphatic carbocycles. The number of carbonyl (C=O) groups is 1. The number of ether oxygens (including phenoxy) is 1. The molecule has 0 amide bonds. The molecule has 0 radical (unpaired) electrons. The molecule has 0 aliphatic rings. The molecule has 0 aromatic carbocycles. The molecule has 0 atom stereocenters. The monoisotopic (exact) mass is 281 g/mol. The summed E-state index contributed by atoms with van der Waals surface area (Å²) < 4.78 is 43.3. The van der Waals surface area contributed by atoms with Crippen LogP contribution in [0.5, 0.6) is 0 Å². The molecule has 7 heteroatoms. The molecule has 0 N–H and O–H groups in total. The highest BCUT2D eigenvalue weighted by Gasteiger charge is 2.23. The molecule has 0 spiro atoms. The lowest BCUT2D eigenvalue weighted by molar-refractivity contribution is -0.142. The van der Waals surface area contributed by atoms with Gasteiger partial charge < -0.3 is 4.74 Å². The molecule has 1 aromatic rings. The number of hydrogen-bond donors (Lipinski definition) is 0. The first kappa shape index (κ1) is 14.8. The lowest BCUT2D eigenvalue weighted by Gasteiger charge is -2.12. The number of alkyl halides is 3. The Morgan fingerprint density at radius 1 is 1.56 bits per heavy atom. The quantitative estimate of drug-likeness (QED) is 0.615. The molecular formula is C11H11ClF3NO2. The molecule has 3 nitrogen and oxygen atoms in total. The minimum absolute atomic E-state index is 0.0140. The topological polar surface area (TPSA) is 39.2 Å². The van der Waals surface area contributed by atoms with Gasteiger partial charge in [0.05, 0.1) is 30.5 Å². The lowest BCUT2D eigenvalue weighted by atomic mass is 10.1. The van der Waals surface area contributed by atoms with E-state index in [9.17, 15) is 18.0 Å². The molecule has 1 aromatic heterocycles. The summed E-state index contributed by atoms with van der Waals surface area (Å²) >= 11 is 5.52. The minimum Gasteiger partial charge on any atom is -0.466 e. The third kappa shape index (κ3) is 3.35. The fourth-order valence-corrected chi connectivity index (χ4v) is 1.77. The van der Waals surface area contributed by atoms with Gasteiger partial charge in [-0.3, -0.25) is 9.78 Å². The van der Waals surface area contributed by atoms with Gasteiger partial charge in [0.2, 0.25) is 0 Å². The molecule has 100 valence electrons. The zero-order valence-corrected chi connectivity index (χ0v) is 10.3. The van der Waals surface area contributed by atoms with Gasteiger partial charge in [0.1, 0.15) is 0 Å². The zero-order valence-electron chi connectivity index (χ0n) is 9.55. The Labute approximate surface area is 107 Å². The van der Waals surface area contributed by atoms with E-state index in [0.717, 1.165) is 0 Å². The van der Waals surface area contributed by atoms with Gasteiger partial charge in [-0.1, -0.05) is 0 Å². The van der Waals surface area contributed by atoms with E-state index in [2.05, 4.69) is 9.72 Å². The molecule has 0 saturated heterocycles. The summed E-state index contributed by atoms with van der Waals surface area (Å²) in [7, 11) is 0. The Hall–Kier alpha value is -1.30. The standard InChI is InChI=1S/C11H11ClF3NO2/c1-2-18-9(17)3-8-6(4-12)10(11(14)15)7(13)5-16-8/h5,11H,2-4H2,1H3. The maximum Gasteiger partial charge on any atom is 0.311 e. The number of pyridine rings is 1. The number of rotatable bonds is 5. The fraction of sp³-hybridized carbons (Fsp3) is 0.455. The molecule has 0 aliphatic heterocycles. The van der Waals surface area contributed by atoms with Gasteiger partial charge >= 0.3 is 5.97 Å². The Morgan fingerprint density at radius 3 is 2.72 bits per heavy atom. The summed E-state index contributed by atoms with van der Waals surface area (Å²) in [6.07, 6.45) is -2.66. The average Bonchev–Trinajstić information content (AvgIpc) is 2.30. The normalized spacial score (nSPS) is 10.8. The summed E-state index contributed by atoms with van der Waals surface area (Å²) in [5.41, 5.74) is -0.945. The van der Waals surface area contributed by atoms with Gasteiger partial charge in [0.15, 0.2) is 5.82 Å². The molecular weight excluding hydrogens is 271 g/mol. The van der Waals surface area contributed by atoms with E-state index in [-0.39, 0.29) is 30.2 Å². The van der Waals surface area contributed by atoms with E-state index >= 15 is 0 Å². The van der Waals surface area contributed by atoms with Crippen molar-refractivity contribution in [2.24, 2.45) is 0 Å². The van der Waals surface area contributed by atoms with Crippen molar-refractivity contribution in [2.75, 3.05) is 6.61 Å². The predicted octanol–water partition coefficient (Wildman–Crippen LogP) is 3.00. The molecule has 1 heterocycles. The second-order valence-electron chi connectivity index (χ2n) is 3.36. The lowest BCUT2D eigenvalue weighted by Crippen LogP contribution is -2.13. The van der Waals surface area contributed by atoms with Crippen LogP contribution in [0.2, 0.25) is 0 Å². The van der Waals surface area contributed by atoms with Crippen molar-refractivity contribution in [3.05, 3.63) is 28.8 Å². The van der Waals surface area contributed by atoms with Crippen LogP contribution in [0.3, 0.4) is 0 Å². The number of nitrogens with zero attached hydrogens (tertiary/aromatic N) is 1. The first-order valence-corrected chi connectivity index (χ1v) is 5.70. The Balaban J connectivity index is 3.13. The van der Waals surface area contributed by atoms with Crippen molar-refractivity contribution < 1.29 is 22.7 Å². The molecule has 1 rings (SSSR count). The van der Waals surface area contributed by atoms with E-state index in [0.29, 0.717) is 6.20 Å². The van der Waals surface area contributed by atoms with E-state index in [1.54, 1.807) is 6.92 Å². The molecule has 18 heavy (non-hydrogen) atoms. The second-order valence-corrected chi connectivity index (χ2v) is 3.63. The number of esters is 1. The number of hydrogen-bond acceptors (Lipinski definition) is 3. The summed E-state index contributed by atoms with van der Waals surface area (Å²) in [5.74, 6) is -2.10. The van der Waals surface area contributed by atoms with Crippen LogP contribution in [0.1, 0.15) is 30.2 Å². The molecule has 0 unspecified atom stereocenters. The number of halogens is 4. The van der Waals surface area contributed by atoms with Crippen molar-refractivity contribution in [2.45, 2.75) is 25.7 Å². The molecule has 0 bridgehead atoms. The maximum atomic E-state index is 13.2. The number of aromatic nitrogens is 1. The van der Waals surface area contributed by atoms with Crippen LogP contribution >= 0.6 is 11.6 Å². The van der Waals surface area contributed by atoms with Crippen LogP contribution < -0.4 is 0 Å². The SMILES string of the molecule is CCOC(=O)Cc1ncc(F)c(C(F)F)c1CCl. The third-order valence-corrected chi connectivity index (χ3v) is 2.50. The van der Waals surface area contributed by atoms with Crippen LogP contribution in [0.25, 0.3) is 0 Å². The summed E-state index contributed by atoms with van der Waals surface area (Å²) in [6, 6.07) is 0. The van der Waals surface area contributed by atoms with Crippen molar-refractivity contribution >= 4 is 17.6 Å². The van der Waals surface area contributed by atoms with Crippen molar-refractivity contribution in [1.29, 1.82) is 0 Å². The largest absolute Gasteiger partial charge is 0.466 e. The fourth-order valence-electron chi connectivity index (χ4n) is 1.47. The van der Waals surface area contributed by atoms with Gasteiger partial charge in [-0.2, -0.15) is 0 Å². The van der Waals surface area contributed by atoms with Gasteiger partial charge in [-0.15, -0.1) is 11.6 Å². The zero-order chi connectivity index (χ0) is 13.7. The van der Waals surface area contributed by atoms with Gasteiger partial charge in [-0.25, -0.2) is 13.2 Å². The van der Waals surface area contributed by atoms with Crippen LogP contribution in [0, 0.1) is 5.82 Å². The highest BCUT2D eigenvalue weighted by Crippen LogP contribution is 2.28. The van der Waals surface area contributed by atoms with Crippen molar-refractivity contribution in [3.8, 4) is 0 Å². The van der Waals surface area contributed by atoms with E-state index in [4.69, 9.17) is 11.6 Å². The van der Waals surface area contributed by atoms with Crippen LogP contribution in [0.4, 0.5) is 13.2 Å². The minimum atomic E-state index is -3.01. The number of carbonyl (C=O) groups excluding carboxylic acids is 1. The summed E-state index contributed by atoms with van der Waals surface area (Å²) in [5, 5.41) is 0. The summed E-state index contributed by atoms with van der Waals surface area (Å²) in [6.45, 7) is 1.78. The molecule has 0 fully saturated rings. The first-order valence-electron chi connectivity index (χ1n) is 5.17. The average molecular weight is 282 g/mol. The van der Waals surface area contributed by atoms with Gasteiger partial charge in [-0.05, 0) is 6.92 Å². The Kier molecular flexibility index (Phi) is 5.40. The molecule has 0 saturated carbocycles. The van der Waals surface area contributed by atoms with Gasteiger partial charge in [0, 0.05) is 11.4 Å². The van der Waals surface area contributed by atoms with E-state index in [1.807, 2.05) is 0 Å². The van der Waals surface area contributed by atoms with Crippen LogP contribution in [0.15, 0.2) is 6.20 Å². The predicted molar refractivity (Wildman–Crippen MR) is 59.0 cm³/mol. The second kappa shape index (κ2) is 6.58. The Morgan fingerprint density at radius 2 is 2.22 bits per heavy atom. The van der Waals surface area contributed by atoms with Crippen molar-refractivity contribution in [1.82, 2.24) is 4.98 Å². The smallest absolute Gasteiger partial charge is 0.311 e. The van der Waals surface area contributed by atoms with E-state index in [1.165, 1.54) is 0 Å².